The highest BCUT2D eigenvalue weighted by Crippen LogP contribution is 2.07. The Kier molecular flexibility index (Phi) is 3.26. The van der Waals surface area contributed by atoms with Crippen LogP contribution in [0.1, 0.15) is 6.42 Å². The van der Waals surface area contributed by atoms with Crippen LogP contribution in [0.15, 0.2) is 36.4 Å². The Hall–Kier alpha value is -1.24. The Labute approximate surface area is 67.3 Å². The maximum absolute atomic E-state index is 5.34. The van der Waals surface area contributed by atoms with Gasteiger partial charge in [-0.15, -0.1) is 0 Å². The molecule has 57 valence electrons. The summed E-state index contributed by atoms with van der Waals surface area (Å²) in [6.45, 7) is 5.84. The van der Waals surface area contributed by atoms with Crippen molar-refractivity contribution in [1.82, 2.24) is 0 Å². The van der Waals surface area contributed by atoms with Gasteiger partial charge in [0.15, 0.2) is 0 Å². The van der Waals surface area contributed by atoms with Gasteiger partial charge in [0.1, 0.15) is 5.75 Å². The van der Waals surface area contributed by atoms with Crippen LogP contribution in [0, 0.1) is 6.58 Å². The van der Waals surface area contributed by atoms with Crippen molar-refractivity contribution >= 4 is 0 Å². The van der Waals surface area contributed by atoms with Gasteiger partial charge in [-0.05, 0) is 18.6 Å². The summed E-state index contributed by atoms with van der Waals surface area (Å²) in [7, 11) is 0. The summed E-state index contributed by atoms with van der Waals surface area (Å²) in [5.74, 6) is 0.898. The first kappa shape index (κ1) is 7.86. The predicted octanol–water partition coefficient (Wildman–Crippen LogP) is 2.44. The zero-order chi connectivity index (χ0) is 7.94. The summed E-state index contributed by atoms with van der Waals surface area (Å²) in [4.78, 5) is 0. The molecule has 0 aromatic heterocycles. The molecule has 0 amide bonds. The first-order chi connectivity index (χ1) is 5.43. The number of para-hydroxylation sites is 1. The standard InChI is InChI=1S/C10H11O/c1-2-3-9-11-10-7-5-4-6-8-10/h1-2,4-8H,3,9H2. The molecule has 0 aliphatic rings. The molecule has 1 rings (SSSR count). The topological polar surface area (TPSA) is 9.23 Å². The number of hydrogen-bond donors (Lipinski definition) is 0. The van der Waals surface area contributed by atoms with E-state index in [1.807, 2.05) is 30.3 Å². The molecule has 0 aliphatic heterocycles. The Morgan fingerprint density at radius 1 is 1.27 bits per heavy atom. The van der Waals surface area contributed by atoms with E-state index in [-0.39, 0.29) is 0 Å². The summed E-state index contributed by atoms with van der Waals surface area (Å²) in [5, 5.41) is 0. The molecule has 0 saturated carbocycles. The molecular formula is C10H11O. The van der Waals surface area contributed by atoms with Gasteiger partial charge in [-0.1, -0.05) is 30.9 Å². The second kappa shape index (κ2) is 4.56. The minimum atomic E-state index is 0.653. The molecule has 1 aromatic carbocycles. The van der Waals surface area contributed by atoms with Gasteiger partial charge < -0.3 is 4.74 Å². The van der Waals surface area contributed by atoms with Crippen molar-refractivity contribution < 1.29 is 4.74 Å². The van der Waals surface area contributed by atoms with Gasteiger partial charge in [-0.25, -0.2) is 0 Å². The summed E-state index contributed by atoms with van der Waals surface area (Å²) < 4.78 is 5.34. The first-order valence-electron chi connectivity index (χ1n) is 3.65. The van der Waals surface area contributed by atoms with Crippen LogP contribution < -0.4 is 4.74 Å². The maximum atomic E-state index is 5.34. The van der Waals surface area contributed by atoms with Crippen LogP contribution >= 0.6 is 0 Å². The van der Waals surface area contributed by atoms with Crippen molar-refractivity contribution in [1.29, 1.82) is 0 Å². The third kappa shape index (κ3) is 2.89. The molecule has 1 nitrogen and oxygen atoms in total. The zero-order valence-electron chi connectivity index (χ0n) is 6.36. The zero-order valence-corrected chi connectivity index (χ0v) is 6.36. The van der Waals surface area contributed by atoms with E-state index in [9.17, 15) is 0 Å². The van der Waals surface area contributed by atoms with Crippen LogP contribution in [0.25, 0.3) is 0 Å². The van der Waals surface area contributed by atoms with Crippen LogP contribution in [-0.4, -0.2) is 6.61 Å². The maximum Gasteiger partial charge on any atom is 0.119 e. The highest BCUT2D eigenvalue weighted by Gasteiger charge is 1.87. The molecule has 11 heavy (non-hydrogen) atoms. The van der Waals surface area contributed by atoms with Crippen LogP contribution in [0.5, 0.6) is 5.75 Å². The minimum absolute atomic E-state index is 0.653. The third-order valence-corrected chi connectivity index (χ3v) is 1.30. The fourth-order valence-electron chi connectivity index (χ4n) is 0.762. The number of hydrogen-bond acceptors (Lipinski definition) is 1. The summed E-state index contributed by atoms with van der Waals surface area (Å²) in [6, 6.07) is 9.71. The molecule has 0 saturated heterocycles. The van der Waals surface area contributed by atoms with E-state index in [1.54, 1.807) is 6.08 Å². The van der Waals surface area contributed by atoms with Crippen molar-refractivity contribution in [2.75, 3.05) is 6.61 Å². The van der Waals surface area contributed by atoms with E-state index in [1.165, 1.54) is 0 Å². The number of benzene rings is 1. The lowest BCUT2D eigenvalue weighted by atomic mass is 10.3. The average Bonchev–Trinajstić information content (AvgIpc) is 2.07. The quantitative estimate of drug-likeness (QED) is 0.594. The van der Waals surface area contributed by atoms with Crippen LogP contribution in [0.3, 0.4) is 0 Å². The Balaban J connectivity index is 2.33. The molecule has 0 aliphatic carbocycles. The molecular weight excluding hydrogens is 136 g/mol. The van der Waals surface area contributed by atoms with E-state index >= 15 is 0 Å². The van der Waals surface area contributed by atoms with Crippen molar-refractivity contribution in [3.05, 3.63) is 43.0 Å². The van der Waals surface area contributed by atoms with Gasteiger partial charge in [0.05, 0.1) is 6.61 Å². The van der Waals surface area contributed by atoms with Gasteiger partial charge in [0.25, 0.3) is 0 Å². The second-order valence-electron chi connectivity index (χ2n) is 2.19. The van der Waals surface area contributed by atoms with Gasteiger partial charge in [-0.3, -0.25) is 0 Å². The van der Waals surface area contributed by atoms with Crippen LogP contribution in [-0.2, 0) is 0 Å². The SMILES string of the molecule is [CH]=CCCOc1ccccc1. The Morgan fingerprint density at radius 3 is 2.64 bits per heavy atom. The lowest BCUT2D eigenvalue weighted by molar-refractivity contribution is 0.325. The minimum Gasteiger partial charge on any atom is -0.493 e. The monoisotopic (exact) mass is 147 g/mol. The fourth-order valence-corrected chi connectivity index (χ4v) is 0.762. The smallest absolute Gasteiger partial charge is 0.119 e. The van der Waals surface area contributed by atoms with Crippen LogP contribution in [0.4, 0.5) is 0 Å². The van der Waals surface area contributed by atoms with Crippen molar-refractivity contribution in [3.63, 3.8) is 0 Å². The molecule has 1 aromatic rings. The average molecular weight is 147 g/mol. The van der Waals surface area contributed by atoms with Crippen molar-refractivity contribution in [3.8, 4) is 5.75 Å². The van der Waals surface area contributed by atoms with Gasteiger partial charge in [-0.2, -0.15) is 0 Å². The van der Waals surface area contributed by atoms with Crippen LogP contribution in [0.2, 0.25) is 0 Å². The third-order valence-electron chi connectivity index (χ3n) is 1.30. The summed E-state index contributed by atoms with van der Waals surface area (Å²) in [5.41, 5.74) is 0. The van der Waals surface area contributed by atoms with Gasteiger partial charge >= 0.3 is 0 Å². The van der Waals surface area contributed by atoms with E-state index in [0.717, 1.165) is 12.2 Å². The van der Waals surface area contributed by atoms with Crippen molar-refractivity contribution in [2.24, 2.45) is 0 Å². The molecule has 0 N–H and O–H groups in total. The van der Waals surface area contributed by atoms with E-state index in [0.29, 0.717) is 6.61 Å². The highest BCUT2D eigenvalue weighted by atomic mass is 16.5. The molecule has 0 atom stereocenters. The molecule has 0 fully saturated rings. The van der Waals surface area contributed by atoms with E-state index in [2.05, 4.69) is 0 Å². The first-order valence-corrected chi connectivity index (χ1v) is 3.65. The molecule has 1 heteroatoms. The molecule has 1 radical (unpaired) electrons. The predicted molar refractivity (Wildman–Crippen MR) is 45.4 cm³/mol. The molecule has 0 heterocycles. The highest BCUT2D eigenvalue weighted by molar-refractivity contribution is 5.20. The largest absolute Gasteiger partial charge is 0.493 e. The summed E-state index contributed by atoms with van der Waals surface area (Å²) >= 11 is 0. The summed E-state index contributed by atoms with van der Waals surface area (Å²) in [6.07, 6.45) is 2.39. The number of ether oxygens (including phenoxy) is 1. The van der Waals surface area contributed by atoms with Crippen molar-refractivity contribution in [2.45, 2.75) is 6.42 Å². The number of rotatable bonds is 4. The molecule has 0 bridgehead atoms. The molecule has 0 spiro atoms. The molecule has 0 unspecified atom stereocenters. The van der Waals surface area contributed by atoms with E-state index in [4.69, 9.17) is 11.3 Å². The lowest BCUT2D eigenvalue weighted by Crippen LogP contribution is -1.94. The second-order valence-corrected chi connectivity index (χ2v) is 2.19. The normalized spacial score (nSPS) is 9.09. The fraction of sp³-hybridized carbons (Fsp3) is 0.200. The lowest BCUT2D eigenvalue weighted by Gasteiger charge is -2.02. The Morgan fingerprint density at radius 2 is 2.00 bits per heavy atom. The Bertz CT molecular complexity index is 203. The van der Waals surface area contributed by atoms with Gasteiger partial charge in [0, 0.05) is 0 Å². The van der Waals surface area contributed by atoms with E-state index < -0.39 is 0 Å². The van der Waals surface area contributed by atoms with Gasteiger partial charge in [0.2, 0.25) is 0 Å².